The van der Waals surface area contributed by atoms with Crippen molar-refractivity contribution in [2.75, 3.05) is 10.6 Å². The summed E-state index contributed by atoms with van der Waals surface area (Å²) in [4.78, 5) is 0. The summed E-state index contributed by atoms with van der Waals surface area (Å²) in [6.07, 6.45) is 3.15. The summed E-state index contributed by atoms with van der Waals surface area (Å²) >= 11 is 0. The first-order valence-corrected chi connectivity index (χ1v) is 10.7. The van der Waals surface area contributed by atoms with Crippen LogP contribution in [0.15, 0.2) is 116 Å². The molecular weight excluding hydrogens is 426 g/mol. The minimum Gasteiger partial charge on any atom is -0.453 e. The molecule has 1 aromatic heterocycles. The second-order valence-corrected chi connectivity index (χ2v) is 7.25. The van der Waals surface area contributed by atoms with Crippen molar-refractivity contribution in [3.8, 4) is 23.0 Å². The number of nitrogens with one attached hydrogen (secondary N) is 2. The Kier molecular flexibility index (Phi) is 6.25. The number of benzene rings is 4. The average Bonchev–Trinajstić information content (AvgIpc) is 2.92. The lowest BCUT2D eigenvalue weighted by atomic mass is 10.2. The van der Waals surface area contributed by atoms with Crippen molar-refractivity contribution >= 4 is 22.7 Å². The fraction of sp³-hybridized carbons (Fsp3) is 0. The average molecular weight is 447 g/mol. The van der Waals surface area contributed by atoms with Gasteiger partial charge in [0.05, 0.1) is 35.1 Å². The highest BCUT2D eigenvalue weighted by molar-refractivity contribution is 5.76. The van der Waals surface area contributed by atoms with Crippen LogP contribution in [0.25, 0.3) is 0 Å². The molecular formula is C27H21N5O2. The van der Waals surface area contributed by atoms with Crippen LogP contribution in [-0.4, -0.2) is 15.4 Å². The monoisotopic (exact) mass is 447 g/mol. The Balaban J connectivity index is 0.000000115. The normalized spacial score (nSPS) is 11.3. The third-order valence-corrected chi connectivity index (χ3v) is 4.94. The molecule has 34 heavy (non-hydrogen) atoms. The molecule has 3 heterocycles. The van der Waals surface area contributed by atoms with E-state index in [1.165, 1.54) is 0 Å². The number of fused-ring (bicyclic) bond motifs is 4. The molecule has 7 nitrogen and oxygen atoms in total. The van der Waals surface area contributed by atoms with Gasteiger partial charge < -0.3 is 20.1 Å². The van der Waals surface area contributed by atoms with E-state index in [9.17, 15) is 0 Å². The van der Waals surface area contributed by atoms with E-state index in [2.05, 4.69) is 26.0 Å². The summed E-state index contributed by atoms with van der Waals surface area (Å²) in [6, 6.07) is 33.4. The molecule has 7 heteroatoms. The first-order chi connectivity index (χ1) is 16.9. The largest absolute Gasteiger partial charge is 0.453 e. The maximum absolute atomic E-state index is 5.71. The number of rotatable bonds is 0. The van der Waals surface area contributed by atoms with Gasteiger partial charge in [0.15, 0.2) is 23.0 Å². The lowest BCUT2D eigenvalue weighted by Crippen LogP contribution is -2.01. The smallest absolute Gasteiger partial charge is 0.150 e. The Bertz CT molecular complexity index is 1090. The van der Waals surface area contributed by atoms with Gasteiger partial charge in [0, 0.05) is 0 Å². The molecule has 2 N–H and O–H groups in total. The van der Waals surface area contributed by atoms with E-state index in [-0.39, 0.29) is 0 Å². The molecule has 0 saturated carbocycles. The topological polar surface area (TPSA) is 81.2 Å². The summed E-state index contributed by atoms with van der Waals surface area (Å²) in [7, 11) is 0. The SMILES string of the molecule is c1ccc2c(c1)Nc1ccccc1O2.c1ccc2c(c1)Nc1ccccc1O2.c1cnnnc1. The molecule has 0 saturated heterocycles. The fourth-order valence-electron chi connectivity index (χ4n) is 3.37. The Labute approximate surface area is 197 Å². The van der Waals surface area contributed by atoms with E-state index in [0.717, 1.165) is 45.7 Å². The lowest BCUT2D eigenvalue weighted by molar-refractivity contribution is 0.481. The highest BCUT2D eigenvalue weighted by atomic mass is 16.5. The van der Waals surface area contributed by atoms with Crippen molar-refractivity contribution < 1.29 is 9.47 Å². The number of hydrogen-bond donors (Lipinski definition) is 2. The maximum Gasteiger partial charge on any atom is 0.150 e. The summed E-state index contributed by atoms with van der Waals surface area (Å²) in [5.41, 5.74) is 4.08. The molecule has 0 bridgehead atoms. The van der Waals surface area contributed by atoms with E-state index < -0.39 is 0 Å². The van der Waals surface area contributed by atoms with Gasteiger partial charge in [0.25, 0.3) is 0 Å². The maximum atomic E-state index is 5.71. The van der Waals surface area contributed by atoms with Crippen LogP contribution in [0.5, 0.6) is 23.0 Å². The quantitative estimate of drug-likeness (QED) is 0.260. The van der Waals surface area contributed by atoms with Crippen molar-refractivity contribution in [3.05, 3.63) is 116 Å². The van der Waals surface area contributed by atoms with Crippen LogP contribution in [-0.2, 0) is 0 Å². The van der Waals surface area contributed by atoms with Crippen molar-refractivity contribution in [2.45, 2.75) is 0 Å². The molecule has 7 rings (SSSR count). The van der Waals surface area contributed by atoms with Gasteiger partial charge in [0.2, 0.25) is 0 Å². The van der Waals surface area contributed by atoms with Crippen LogP contribution in [0.1, 0.15) is 0 Å². The number of hydrogen-bond acceptors (Lipinski definition) is 7. The zero-order valence-corrected chi connectivity index (χ0v) is 18.1. The summed E-state index contributed by atoms with van der Waals surface area (Å²) < 4.78 is 11.4. The standard InChI is InChI=1S/2C12H9NO.C3H3N3/c2*1-3-7-11-9(5-1)13-10-6-2-4-8-12(10)14-11;1-2-4-6-5-3-1/h2*1-8,13H;1-3H. The highest BCUT2D eigenvalue weighted by Gasteiger charge is 2.15. The van der Waals surface area contributed by atoms with Crippen molar-refractivity contribution in [1.82, 2.24) is 15.4 Å². The van der Waals surface area contributed by atoms with E-state index in [1.807, 2.05) is 97.1 Å². The van der Waals surface area contributed by atoms with E-state index in [0.29, 0.717) is 0 Å². The highest BCUT2D eigenvalue weighted by Crippen LogP contribution is 2.42. The summed E-state index contributed by atoms with van der Waals surface area (Å²) in [5, 5.41) is 16.8. The second-order valence-electron chi connectivity index (χ2n) is 7.25. The van der Waals surface area contributed by atoms with E-state index in [1.54, 1.807) is 18.5 Å². The Morgan fingerprint density at radius 3 is 1.00 bits per heavy atom. The first kappa shape index (κ1) is 21.0. The van der Waals surface area contributed by atoms with Gasteiger partial charge in [-0.3, -0.25) is 0 Å². The van der Waals surface area contributed by atoms with Gasteiger partial charge in [-0.25, -0.2) is 0 Å². The molecule has 0 unspecified atom stereocenters. The number of anilines is 4. The molecule has 2 aliphatic rings. The minimum atomic E-state index is 0.881. The Morgan fingerprint density at radius 1 is 0.412 bits per heavy atom. The van der Waals surface area contributed by atoms with Gasteiger partial charge in [-0.2, -0.15) is 0 Å². The van der Waals surface area contributed by atoms with Crippen molar-refractivity contribution in [2.24, 2.45) is 0 Å². The van der Waals surface area contributed by atoms with Gasteiger partial charge in [-0.15, -0.1) is 10.2 Å². The van der Waals surface area contributed by atoms with Crippen LogP contribution >= 0.6 is 0 Å². The zero-order chi connectivity index (χ0) is 23.0. The molecule has 4 aromatic carbocycles. The second kappa shape index (κ2) is 10.1. The summed E-state index contributed by atoms with van der Waals surface area (Å²) in [6.45, 7) is 0. The molecule has 0 fully saturated rings. The molecule has 5 aromatic rings. The van der Waals surface area contributed by atoms with Gasteiger partial charge in [0.1, 0.15) is 0 Å². The van der Waals surface area contributed by atoms with Crippen molar-refractivity contribution in [3.63, 3.8) is 0 Å². The molecule has 2 aliphatic heterocycles. The predicted molar refractivity (Wildman–Crippen MR) is 132 cm³/mol. The van der Waals surface area contributed by atoms with Gasteiger partial charge >= 0.3 is 0 Å². The Morgan fingerprint density at radius 2 is 0.735 bits per heavy atom. The molecule has 0 spiro atoms. The van der Waals surface area contributed by atoms with E-state index in [4.69, 9.17) is 9.47 Å². The van der Waals surface area contributed by atoms with Crippen molar-refractivity contribution in [1.29, 1.82) is 0 Å². The minimum absolute atomic E-state index is 0.881. The van der Waals surface area contributed by atoms with Crippen LogP contribution in [0.2, 0.25) is 0 Å². The van der Waals surface area contributed by atoms with Crippen LogP contribution < -0.4 is 20.1 Å². The number of nitrogens with zero attached hydrogens (tertiary/aromatic N) is 3. The Hall–Kier alpha value is -4.91. The molecule has 0 aliphatic carbocycles. The molecule has 0 radical (unpaired) electrons. The van der Waals surface area contributed by atoms with Gasteiger partial charge in [-0.1, -0.05) is 48.5 Å². The first-order valence-electron chi connectivity index (χ1n) is 10.7. The third kappa shape index (κ3) is 4.94. The zero-order valence-electron chi connectivity index (χ0n) is 18.1. The fourth-order valence-corrected chi connectivity index (χ4v) is 3.37. The number of aromatic nitrogens is 3. The van der Waals surface area contributed by atoms with Crippen LogP contribution in [0, 0.1) is 0 Å². The summed E-state index contributed by atoms with van der Waals surface area (Å²) in [5.74, 6) is 3.52. The van der Waals surface area contributed by atoms with Crippen LogP contribution in [0.3, 0.4) is 0 Å². The number of ether oxygens (including phenoxy) is 2. The number of para-hydroxylation sites is 8. The molecule has 0 amide bonds. The molecule has 0 atom stereocenters. The van der Waals surface area contributed by atoms with Gasteiger partial charge in [-0.05, 0) is 59.8 Å². The predicted octanol–water partition coefficient (Wildman–Crippen LogP) is 6.94. The molecule has 166 valence electrons. The van der Waals surface area contributed by atoms with E-state index >= 15 is 0 Å². The third-order valence-electron chi connectivity index (χ3n) is 4.94. The lowest BCUT2D eigenvalue weighted by Gasteiger charge is -2.20. The van der Waals surface area contributed by atoms with Crippen LogP contribution in [0.4, 0.5) is 22.7 Å².